The number of carboxylic acid groups (broad SMARTS) is 1. The van der Waals surface area contributed by atoms with E-state index in [2.05, 4.69) is 19.8 Å². The molecule has 0 aliphatic heterocycles. The number of ether oxygens (including phenoxy) is 1. The summed E-state index contributed by atoms with van der Waals surface area (Å²) in [5.74, 6) is 0.0513. The van der Waals surface area contributed by atoms with E-state index in [0.717, 1.165) is 4.68 Å². The molecule has 2 aromatic heterocycles. The Kier molecular flexibility index (Phi) is 3.47. The van der Waals surface area contributed by atoms with Gasteiger partial charge >= 0.3 is 6.16 Å². The minimum atomic E-state index is -1.47. The zero-order chi connectivity index (χ0) is 15.9. The van der Waals surface area contributed by atoms with E-state index in [-0.39, 0.29) is 27.6 Å². The molecule has 3 aromatic rings. The maximum atomic E-state index is 12.1. The third-order valence-corrected chi connectivity index (χ3v) is 3.21. The summed E-state index contributed by atoms with van der Waals surface area (Å²) >= 11 is 11.9. The molecule has 2 heterocycles. The molecule has 0 amide bonds. The van der Waals surface area contributed by atoms with Gasteiger partial charge in [0.2, 0.25) is 5.95 Å². The lowest BCUT2D eigenvalue weighted by atomic mass is 10.2. The molecule has 8 nitrogen and oxygen atoms in total. The SMILES string of the molecule is O=C(O)Oc1cnn(-c2nc3cc(Cl)cc(Cl)c3c(=O)[nH]2)c1. The maximum absolute atomic E-state index is 12.1. The number of aromatic nitrogens is 4. The number of nitrogens with one attached hydrogen (secondary N) is 1. The summed E-state index contributed by atoms with van der Waals surface area (Å²) in [6.07, 6.45) is 0.950. The monoisotopic (exact) mass is 340 g/mol. The third-order valence-electron chi connectivity index (χ3n) is 2.69. The maximum Gasteiger partial charge on any atom is 0.511 e. The fraction of sp³-hybridized carbons (Fsp3) is 0. The van der Waals surface area contributed by atoms with Gasteiger partial charge in [0.1, 0.15) is 0 Å². The van der Waals surface area contributed by atoms with Crippen LogP contribution in [0.15, 0.2) is 29.3 Å². The Morgan fingerprint density at radius 1 is 1.36 bits per heavy atom. The largest absolute Gasteiger partial charge is 0.511 e. The molecule has 10 heteroatoms. The first-order valence-corrected chi connectivity index (χ1v) is 6.54. The first-order valence-electron chi connectivity index (χ1n) is 5.79. The molecule has 0 aliphatic rings. The third kappa shape index (κ3) is 2.61. The summed E-state index contributed by atoms with van der Waals surface area (Å²) in [4.78, 5) is 29.2. The van der Waals surface area contributed by atoms with Gasteiger partial charge < -0.3 is 9.84 Å². The van der Waals surface area contributed by atoms with Crippen LogP contribution >= 0.6 is 23.2 Å². The van der Waals surface area contributed by atoms with E-state index in [4.69, 9.17) is 28.3 Å². The van der Waals surface area contributed by atoms with E-state index < -0.39 is 11.7 Å². The van der Waals surface area contributed by atoms with Crippen LogP contribution in [0.2, 0.25) is 10.0 Å². The molecule has 22 heavy (non-hydrogen) atoms. The quantitative estimate of drug-likeness (QED) is 0.693. The van der Waals surface area contributed by atoms with Gasteiger partial charge in [-0.25, -0.2) is 14.5 Å². The van der Waals surface area contributed by atoms with Crippen molar-refractivity contribution >= 4 is 40.3 Å². The van der Waals surface area contributed by atoms with Crippen molar-refractivity contribution in [2.75, 3.05) is 0 Å². The Morgan fingerprint density at radius 3 is 2.86 bits per heavy atom. The lowest BCUT2D eigenvalue weighted by Gasteiger charge is -2.04. The summed E-state index contributed by atoms with van der Waals surface area (Å²) in [7, 11) is 0. The molecule has 2 N–H and O–H groups in total. The number of halogens is 2. The van der Waals surface area contributed by atoms with E-state index in [0.29, 0.717) is 5.02 Å². The van der Waals surface area contributed by atoms with Gasteiger partial charge in [-0.3, -0.25) is 9.78 Å². The average molecular weight is 341 g/mol. The van der Waals surface area contributed by atoms with Crippen LogP contribution in [0.3, 0.4) is 0 Å². The summed E-state index contributed by atoms with van der Waals surface area (Å²) in [6, 6.07) is 2.93. The topological polar surface area (TPSA) is 110 Å². The Hall–Kier alpha value is -2.58. The highest BCUT2D eigenvalue weighted by Gasteiger charge is 2.12. The average Bonchev–Trinajstić information content (AvgIpc) is 2.84. The van der Waals surface area contributed by atoms with E-state index in [1.807, 2.05) is 0 Å². The van der Waals surface area contributed by atoms with Crippen molar-refractivity contribution in [2.24, 2.45) is 0 Å². The van der Waals surface area contributed by atoms with Crippen LogP contribution in [0.1, 0.15) is 0 Å². The predicted molar refractivity (Wildman–Crippen MR) is 78.2 cm³/mol. The first-order chi connectivity index (χ1) is 10.4. The second-order valence-corrected chi connectivity index (χ2v) is 5.00. The molecule has 0 radical (unpaired) electrons. The van der Waals surface area contributed by atoms with E-state index in [1.54, 1.807) is 0 Å². The van der Waals surface area contributed by atoms with Gasteiger partial charge in [0.15, 0.2) is 5.75 Å². The number of aromatic amines is 1. The summed E-state index contributed by atoms with van der Waals surface area (Å²) in [6.45, 7) is 0. The Balaban J connectivity index is 2.14. The van der Waals surface area contributed by atoms with Gasteiger partial charge in [-0.1, -0.05) is 23.2 Å². The van der Waals surface area contributed by atoms with Crippen LogP contribution in [0, 0.1) is 0 Å². The van der Waals surface area contributed by atoms with Crippen molar-refractivity contribution in [3.05, 3.63) is 44.9 Å². The van der Waals surface area contributed by atoms with Crippen LogP contribution in [-0.2, 0) is 0 Å². The highest BCUT2D eigenvalue weighted by molar-refractivity contribution is 6.38. The summed E-state index contributed by atoms with van der Waals surface area (Å²) < 4.78 is 5.60. The zero-order valence-corrected chi connectivity index (χ0v) is 12.1. The van der Waals surface area contributed by atoms with Crippen molar-refractivity contribution < 1.29 is 14.6 Å². The molecule has 0 fully saturated rings. The zero-order valence-electron chi connectivity index (χ0n) is 10.6. The minimum absolute atomic E-state index is 0.0145. The highest BCUT2D eigenvalue weighted by Crippen LogP contribution is 2.24. The fourth-order valence-corrected chi connectivity index (χ4v) is 2.43. The lowest BCUT2D eigenvalue weighted by molar-refractivity contribution is 0.144. The van der Waals surface area contributed by atoms with Crippen molar-refractivity contribution in [1.82, 2.24) is 19.7 Å². The number of H-pyrrole nitrogens is 1. The van der Waals surface area contributed by atoms with E-state index in [9.17, 15) is 9.59 Å². The van der Waals surface area contributed by atoms with Gasteiger partial charge in [0.05, 0.1) is 28.3 Å². The van der Waals surface area contributed by atoms with Crippen molar-refractivity contribution in [3.8, 4) is 11.7 Å². The number of nitrogens with zero attached hydrogens (tertiary/aromatic N) is 3. The number of hydrogen-bond acceptors (Lipinski definition) is 5. The van der Waals surface area contributed by atoms with Crippen LogP contribution < -0.4 is 10.3 Å². The van der Waals surface area contributed by atoms with Gasteiger partial charge in [-0.05, 0) is 12.1 Å². The Bertz CT molecular complexity index is 950. The first kappa shape index (κ1) is 14.4. The lowest BCUT2D eigenvalue weighted by Crippen LogP contribution is -2.14. The fourth-order valence-electron chi connectivity index (χ4n) is 1.86. The number of carbonyl (C=O) groups is 1. The second kappa shape index (κ2) is 5.32. The van der Waals surface area contributed by atoms with Gasteiger partial charge in [0, 0.05) is 5.02 Å². The second-order valence-electron chi connectivity index (χ2n) is 4.16. The number of rotatable bonds is 2. The Labute approximate surface area is 131 Å². The molecule has 0 atom stereocenters. The minimum Gasteiger partial charge on any atom is -0.449 e. The van der Waals surface area contributed by atoms with E-state index >= 15 is 0 Å². The summed E-state index contributed by atoms with van der Waals surface area (Å²) in [5.41, 5.74) is -0.190. The van der Waals surface area contributed by atoms with Crippen LogP contribution in [0.25, 0.3) is 16.9 Å². The van der Waals surface area contributed by atoms with Gasteiger partial charge in [0.25, 0.3) is 5.56 Å². The molecule has 3 rings (SSSR count). The molecular weight excluding hydrogens is 335 g/mol. The summed E-state index contributed by atoms with van der Waals surface area (Å²) in [5, 5.41) is 13.1. The normalized spacial score (nSPS) is 10.8. The number of hydrogen-bond donors (Lipinski definition) is 2. The Morgan fingerprint density at radius 2 is 2.14 bits per heavy atom. The smallest absolute Gasteiger partial charge is 0.449 e. The molecule has 0 saturated heterocycles. The molecule has 0 unspecified atom stereocenters. The molecule has 112 valence electrons. The van der Waals surface area contributed by atoms with Crippen molar-refractivity contribution in [2.45, 2.75) is 0 Å². The molecule has 0 saturated carbocycles. The predicted octanol–water partition coefficient (Wildman–Crippen LogP) is 2.47. The standard InChI is InChI=1S/C12H6Cl2N4O4/c13-5-1-7(14)9-8(2-5)16-11(17-10(9)19)18-4-6(3-15-18)22-12(20)21/h1-4H,(H,20,21)(H,16,17,19). The van der Waals surface area contributed by atoms with Crippen LogP contribution in [0.4, 0.5) is 4.79 Å². The van der Waals surface area contributed by atoms with Crippen LogP contribution in [0.5, 0.6) is 5.75 Å². The van der Waals surface area contributed by atoms with Crippen molar-refractivity contribution in [1.29, 1.82) is 0 Å². The number of fused-ring (bicyclic) bond motifs is 1. The van der Waals surface area contributed by atoms with Gasteiger partial charge in [-0.15, -0.1) is 0 Å². The molecule has 0 spiro atoms. The number of benzene rings is 1. The molecular formula is C12H6Cl2N4O4. The van der Waals surface area contributed by atoms with E-state index in [1.165, 1.54) is 24.5 Å². The van der Waals surface area contributed by atoms with Crippen molar-refractivity contribution in [3.63, 3.8) is 0 Å². The van der Waals surface area contributed by atoms with Gasteiger partial charge in [-0.2, -0.15) is 5.10 Å². The van der Waals surface area contributed by atoms with Crippen LogP contribution in [-0.4, -0.2) is 31.0 Å². The molecule has 0 aliphatic carbocycles. The molecule has 1 aromatic carbocycles. The molecule has 0 bridgehead atoms. The highest BCUT2D eigenvalue weighted by atomic mass is 35.5.